The maximum absolute atomic E-state index is 12.9. The van der Waals surface area contributed by atoms with Crippen molar-refractivity contribution in [3.05, 3.63) is 63.4 Å². The Labute approximate surface area is 184 Å². The average Bonchev–Trinajstić information content (AvgIpc) is 3.20. The maximum Gasteiger partial charge on any atom is 0.243 e. The van der Waals surface area contributed by atoms with E-state index in [0.29, 0.717) is 31.1 Å². The molecule has 8 heteroatoms. The van der Waals surface area contributed by atoms with Gasteiger partial charge >= 0.3 is 0 Å². The van der Waals surface area contributed by atoms with Crippen LogP contribution in [0.15, 0.2) is 57.2 Å². The first-order chi connectivity index (χ1) is 13.9. The van der Waals surface area contributed by atoms with Crippen molar-refractivity contribution < 1.29 is 8.42 Å². The highest BCUT2D eigenvalue weighted by molar-refractivity contribution is 9.10. The molecule has 0 bridgehead atoms. The Hall–Kier alpha value is -1.74. The predicted octanol–water partition coefficient (Wildman–Crippen LogP) is 4.70. The van der Waals surface area contributed by atoms with Gasteiger partial charge in [0, 0.05) is 41.6 Å². The third-order valence-corrected chi connectivity index (χ3v) is 8.68. The van der Waals surface area contributed by atoms with E-state index < -0.39 is 10.0 Å². The molecule has 1 fully saturated rings. The summed E-state index contributed by atoms with van der Waals surface area (Å²) in [6, 6.07) is 13.1. The van der Waals surface area contributed by atoms with Crippen molar-refractivity contribution in [2.45, 2.75) is 18.7 Å². The van der Waals surface area contributed by atoms with Crippen LogP contribution in [0.4, 0.5) is 5.13 Å². The number of nitrogens with zero attached hydrogens (tertiary/aromatic N) is 3. The Morgan fingerprint density at radius 3 is 2.38 bits per heavy atom. The van der Waals surface area contributed by atoms with E-state index in [2.05, 4.69) is 58.3 Å². The summed E-state index contributed by atoms with van der Waals surface area (Å²) < 4.78 is 28.2. The Kier molecular flexibility index (Phi) is 5.79. The van der Waals surface area contributed by atoms with Gasteiger partial charge in [0.15, 0.2) is 5.13 Å². The number of hydrogen-bond donors (Lipinski definition) is 0. The molecule has 0 atom stereocenters. The van der Waals surface area contributed by atoms with Gasteiger partial charge in [-0.15, -0.1) is 11.3 Å². The molecule has 0 unspecified atom stereocenters. The van der Waals surface area contributed by atoms with E-state index in [-0.39, 0.29) is 0 Å². The van der Waals surface area contributed by atoms with Crippen LogP contribution < -0.4 is 4.90 Å². The van der Waals surface area contributed by atoms with Crippen molar-refractivity contribution >= 4 is 42.4 Å². The highest BCUT2D eigenvalue weighted by atomic mass is 79.9. The normalized spacial score (nSPS) is 15.6. The van der Waals surface area contributed by atoms with Crippen LogP contribution >= 0.6 is 27.3 Å². The number of rotatable bonds is 4. The minimum Gasteiger partial charge on any atom is -0.345 e. The Morgan fingerprint density at radius 2 is 1.69 bits per heavy atom. The SMILES string of the molecule is Cc1cccc(-c2csc(N3CCN(S(=O)(=O)c4ccc(Br)cc4)CC3)n2)c1C. The lowest BCUT2D eigenvalue weighted by atomic mass is 10.0. The van der Waals surface area contributed by atoms with Gasteiger partial charge in [0.25, 0.3) is 0 Å². The molecule has 2 aromatic carbocycles. The molecule has 29 heavy (non-hydrogen) atoms. The van der Waals surface area contributed by atoms with Crippen molar-refractivity contribution in [3.63, 3.8) is 0 Å². The molecule has 1 aliphatic rings. The number of anilines is 1. The zero-order chi connectivity index (χ0) is 20.6. The third kappa shape index (κ3) is 4.12. The van der Waals surface area contributed by atoms with Gasteiger partial charge in [0.05, 0.1) is 10.6 Å². The van der Waals surface area contributed by atoms with Crippen LogP contribution in [-0.2, 0) is 10.0 Å². The van der Waals surface area contributed by atoms with E-state index >= 15 is 0 Å². The Morgan fingerprint density at radius 1 is 1.00 bits per heavy atom. The van der Waals surface area contributed by atoms with Gasteiger partial charge in [0.2, 0.25) is 10.0 Å². The number of halogens is 1. The van der Waals surface area contributed by atoms with Crippen molar-refractivity contribution in [1.82, 2.24) is 9.29 Å². The molecule has 5 nitrogen and oxygen atoms in total. The summed E-state index contributed by atoms with van der Waals surface area (Å²) >= 11 is 4.96. The van der Waals surface area contributed by atoms with Gasteiger partial charge in [-0.1, -0.05) is 34.1 Å². The number of hydrogen-bond acceptors (Lipinski definition) is 5. The maximum atomic E-state index is 12.9. The minimum absolute atomic E-state index is 0.334. The molecule has 0 N–H and O–H groups in total. The van der Waals surface area contributed by atoms with Crippen LogP contribution in [0.3, 0.4) is 0 Å². The second-order valence-electron chi connectivity index (χ2n) is 7.11. The van der Waals surface area contributed by atoms with Gasteiger partial charge in [0.1, 0.15) is 0 Å². The van der Waals surface area contributed by atoms with Crippen molar-refractivity contribution in [2.75, 3.05) is 31.1 Å². The van der Waals surface area contributed by atoms with Gasteiger partial charge in [-0.3, -0.25) is 0 Å². The first-order valence-electron chi connectivity index (χ1n) is 9.39. The highest BCUT2D eigenvalue weighted by Crippen LogP contribution is 2.31. The predicted molar refractivity (Wildman–Crippen MR) is 122 cm³/mol. The molecule has 1 aliphatic heterocycles. The second-order valence-corrected chi connectivity index (χ2v) is 10.8. The van der Waals surface area contributed by atoms with Crippen molar-refractivity contribution in [2.24, 2.45) is 0 Å². The van der Waals surface area contributed by atoms with E-state index in [1.54, 1.807) is 39.9 Å². The molecule has 4 rings (SSSR count). The van der Waals surface area contributed by atoms with Crippen LogP contribution in [-0.4, -0.2) is 43.9 Å². The fourth-order valence-electron chi connectivity index (χ4n) is 3.44. The Bertz CT molecular complexity index is 1120. The van der Waals surface area contributed by atoms with E-state index in [1.807, 2.05) is 0 Å². The number of sulfonamides is 1. The average molecular weight is 492 g/mol. The highest BCUT2D eigenvalue weighted by Gasteiger charge is 2.29. The molecule has 0 saturated carbocycles. The molecular formula is C21H22BrN3O2S2. The van der Waals surface area contributed by atoms with Gasteiger partial charge in [-0.25, -0.2) is 13.4 Å². The zero-order valence-corrected chi connectivity index (χ0v) is 19.5. The van der Waals surface area contributed by atoms with E-state index in [0.717, 1.165) is 20.9 Å². The topological polar surface area (TPSA) is 53.5 Å². The van der Waals surface area contributed by atoms with E-state index in [9.17, 15) is 8.42 Å². The zero-order valence-electron chi connectivity index (χ0n) is 16.3. The molecule has 2 heterocycles. The van der Waals surface area contributed by atoms with Crippen LogP contribution in [0.2, 0.25) is 0 Å². The monoisotopic (exact) mass is 491 g/mol. The lowest BCUT2D eigenvalue weighted by molar-refractivity contribution is 0.385. The number of piperazine rings is 1. The fraction of sp³-hybridized carbons (Fsp3) is 0.286. The molecule has 1 saturated heterocycles. The molecule has 0 spiro atoms. The summed E-state index contributed by atoms with van der Waals surface area (Å²) in [6.07, 6.45) is 0. The number of thiazole rings is 1. The molecule has 3 aromatic rings. The van der Waals surface area contributed by atoms with Gasteiger partial charge in [-0.05, 0) is 49.2 Å². The third-order valence-electron chi connectivity index (χ3n) is 5.33. The van der Waals surface area contributed by atoms with E-state index in [1.165, 1.54) is 11.1 Å². The summed E-state index contributed by atoms with van der Waals surface area (Å²) in [6.45, 7) is 6.41. The van der Waals surface area contributed by atoms with E-state index in [4.69, 9.17) is 4.98 Å². The molecule has 1 aromatic heterocycles. The second kappa shape index (κ2) is 8.18. The van der Waals surface area contributed by atoms with Gasteiger partial charge in [-0.2, -0.15) is 4.31 Å². The quantitative estimate of drug-likeness (QED) is 0.530. The first kappa shape index (κ1) is 20.5. The standard InChI is InChI=1S/C21H22BrN3O2S2/c1-15-4-3-5-19(16(15)2)20-14-28-21(23-20)24-10-12-25(13-11-24)29(26,27)18-8-6-17(22)7-9-18/h3-9,14H,10-13H2,1-2H3. The van der Waals surface area contributed by atoms with Crippen LogP contribution in [0.5, 0.6) is 0 Å². The first-order valence-corrected chi connectivity index (χ1v) is 12.5. The molecule has 152 valence electrons. The molecular weight excluding hydrogens is 470 g/mol. The van der Waals surface area contributed by atoms with Gasteiger partial charge < -0.3 is 4.90 Å². The summed E-state index contributed by atoms with van der Waals surface area (Å²) in [5.74, 6) is 0. The molecule has 0 radical (unpaired) electrons. The van der Waals surface area contributed by atoms with Crippen LogP contribution in [0.1, 0.15) is 11.1 Å². The van der Waals surface area contributed by atoms with Crippen LogP contribution in [0, 0.1) is 13.8 Å². The molecule has 0 aliphatic carbocycles. The smallest absolute Gasteiger partial charge is 0.243 e. The molecule has 0 amide bonds. The van der Waals surface area contributed by atoms with Crippen molar-refractivity contribution in [1.29, 1.82) is 0 Å². The minimum atomic E-state index is -3.46. The number of aryl methyl sites for hydroxylation is 1. The summed E-state index contributed by atoms with van der Waals surface area (Å²) in [7, 11) is -3.46. The fourth-order valence-corrected chi connectivity index (χ4v) is 6.00. The van der Waals surface area contributed by atoms with Crippen LogP contribution in [0.25, 0.3) is 11.3 Å². The lowest BCUT2D eigenvalue weighted by Gasteiger charge is -2.33. The number of benzene rings is 2. The number of aromatic nitrogens is 1. The summed E-state index contributed by atoms with van der Waals surface area (Å²) in [4.78, 5) is 7.34. The largest absolute Gasteiger partial charge is 0.345 e. The summed E-state index contributed by atoms with van der Waals surface area (Å²) in [5, 5.41) is 3.03. The lowest BCUT2D eigenvalue weighted by Crippen LogP contribution is -2.48. The van der Waals surface area contributed by atoms with Crippen molar-refractivity contribution in [3.8, 4) is 11.3 Å². The summed E-state index contributed by atoms with van der Waals surface area (Å²) in [5.41, 5.74) is 4.64. The Balaban J connectivity index is 1.47.